The van der Waals surface area contributed by atoms with E-state index in [1.807, 2.05) is 35.8 Å². The average Bonchev–Trinajstić information content (AvgIpc) is 3.57. The normalized spacial score (nSPS) is 15.8. The summed E-state index contributed by atoms with van der Waals surface area (Å²) in [6.45, 7) is 6.72. The number of nitrogens with one attached hydrogen (secondary N) is 1. The first-order valence-corrected chi connectivity index (χ1v) is 17.5. The van der Waals surface area contributed by atoms with E-state index in [1.165, 1.54) is 5.56 Å². The highest BCUT2D eigenvalue weighted by Gasteiger charge is 2.38. The number of nitriles is 1. The van der Waals surface area contributed by atoms with Gasteiger partial charge in [0.15, 0.2) is 17.0 Å². The summed E-state index contributed by atoms with van der Waals surface area (Å²) in [6, 6.07) is 16.1. The summed E-state index contributed by atoms with van der Waals surface area (Å²) in [5.41, 5.74) is 7.53. The lowest BCUT2D eigenvalue weighted by molar-refractivity contribution is -0.192. The van der Waals surface area contributed by atoms with Gasteiger partial charge in [-0.2, -0.15) is 28.4 Å². The third kappa shape index (κ3) is 10.5. The number of amides is 1. The minimum atomic E-state index is -5.08. The number of piperazine rings is 1. The Bertz CT molecular complexity index is 1900. The van der Waals surface area contributed by atoms with Gasteiger partial charge in [-0.1, -0.05) is 49.6 Å². The molecule has 4 heterocycles. The molecule has 0 bridgehead atoms. The van der Waals surface area contributed by atoms with Gasteiger partial charge in [-0.25, -0.2) is 14.8 Å². The SMILES string of the molecule is CN(C)CCn1cnc2c(N(NC(=O)c3cccc(-c4ccc(CN5CCN(C)CC5)cc4)n3)C3CCCCC3)nc(C#N)nc21.O=C(O)C(F)(F)F. The number of likely N-dealkylation sites (N-methyl/N-ethyl adjacent to an activating group) is 2. The third-order valence-electron chi connectivity index (χ3n) is 9.20. The maximum absolute atomic E-state index is 13.9. The topological polar surface area (TPSA) is 160 Å². The first-order valence-electron chi connectivity index (χ1n) is 17.5. The summed E-state index contributed by atoms with van der Waals surface area (Å²) in [6.07, 6.45) is 1.68. The van der Waals surface area contributed by atoms with Crippen molar-refractivity contribution in [1.29, 1.82) is 5.26 Å². The molecule has 0 atom stereocenters. The van der Waals surface area contributed by atoms with E-state index in [1.54, 1.807) is 12.4 Å². The van der Waals surface area contributed by atoms with Gasteiger partial charge in [-0.3, -0.25) is 20.1 Å². The molecule has 0 unspecified atom stereocenters. The molecule has 1 saturated carbocycles. The van der Waals surface area contributed by atoms with Crippen molar-refractivity contribution >= 4 is 28.9 Å². The number of aromatic nitrogens is 5. The van der Waals surface area contributed by atoms with Gasteiger partial charge in [-0.05, 0) is 51.7 Å². The maximum atomic E-state index is 13.9. The number of fused-ring (bicyclic) bond motifs is 1. The number of benzene rings is 1. The van der Waals surface area contributed by atoms with Crippen LogP contribution in [0.2, 0.25) is 0 Å². The van der Waals surface area contributed by atoms with Crippen LogP contribution in [0.3, 0.4) is 0 Å². The Morgan fingerprint density at radius 2 is 1.68 bits per heavy atom. The predicted octanol–water partition coefficient (Wildman–Crippen LogP) is 4.19. The van der Waals surface area contributed by atoms with E-state index in [2.05, 4.69) is 72.5 Å². The molecule has 1 aliphatic heterocycles. The van der Waals surface area contributed by atoms with Crippen LogP contribution in [0.15, 0.2) is 48.8 Å². The van der Waals surface area contributed by atoms with Crippen LogP contribution in [-0.4, -0.2) is 122 Å². The smallest absolute Gasteiger partial charge is 0.475 e. The van der Waals surface area contributed by atoms with Gasteiger partial charge < -0.3 is 19.5 Å². The molecule has 0 radical (unpaired) electrons. The van der Waals surface area contributed by atoms with E-state index < -0.39 is 12.1 Å². The standard InChI is InChI=1S/C34H43N11O.C2HF3O2/c1-41(2)16-21-44-24-36-31-32(44)38-30(22-35)39-33(31)45(27-8-5-4-6-9-27)40-34(46)29-11-7-10-28(37-29)26-14-12-25(13-15-26)23-43-19-17-42(3)18-20-43;3-2(4,5)1(6)7/h7,10-15,24,27H,4-6,8-9,16-21,23H2,1-3H3,(H,40,46);(H,6,7). The van der Waals surface area contributed by atoms with Gasteiger partial charge in [0.2, 0.25) is 5.82 Å². The molecular formula is C36H44F3N11O3. The summed E-state index contributed by atoms with van der Waals surface area (Å²) in [5.74, 6) is -2.61. The Morgan fingerprint density at radius 1 is 1.00 bits per heavy atom. The molecule has 1 aliphatic carbocycles. The number of carboxylic acids is 1. The highest BCUT2D eigenvalue weighted by atomic mass is 19.4. The molecule has 1 aromatic carbocycles. The number of hydrazine groups is 1. The molecule has 2 N–H and O–H groups in total. The Morgan fingerprint density at radius 3 is 2.30 bits per heavy atom. The Balaban J connectivity index is 0.000000705. The monoisotopic (exact) mass is 735 g/mol. The van der Waals surface area contributed by atoms with Gasteiger partial charge in [0.05, 0.1) is 18.1 Å². The van der Waals surface area contributed by atoms with E-state index in [-0.39, 0.29) is 17.8 Å². The van der Waals surface area contributed by atoms with Crippen molar-refractivity contribution in [2.24, 2.45) is 0 Å². The number of alkyl halides is 3. The highest BCUT2D eigenvalue weighted by Crippen LogP contribution is 2.30. The first-order chi connectivity index (χ1) is 25.3. The van der Waals surface area contributed by atoms with Crippen molar-refractivity contribution in [3.63, 3.8) is 0 Å². The van der Waals surface area contributed by atoms with Crippen molar-refractivity contribution in [2.45, 2.75) is 57.4 Å². The average molecular weight is 736 g/mol. The molecule has 1 amide bonds. The van der Waals surface area contributed by atoms with Crippen LogP contribution < -0.4 is 10.4 Å². The number of pyridine rings is 1. The zero-order valence-electron chi connectivity index (χ0n) is 30.1. The number of halogens is 3. The minimum Gasteiger partial charge on any atom is -0.475 e. The molecule has 2 aliphatic rings. The number of aliphatic carboxylic acids is 1. The van der Waals surface area contributed by atoms with E-state index in [0.29, 0.717) is 29.2 Å². The molecule has 17 heteroatoms. The van der Waals surface area contributed by atoms with Crippen molar-refractivity contribution < 1.29 is 27.9 Å². The number of imidazole rings is 1. The minimum absolute atomic E-state index is 0.00491. The number of carbonyl (C=O) groups is 2. The van der Waals surface area contributed by atoms with Gasteiger partial charge in [-0.15, -0.1) is 0 Å². The van der Waals surface area contributed by atoms with Crippen LogP contribution in [0.25, 0.3) is 22.4 Å². The summed E-state index contributed by atoms with van der Waals surface area (Å²) < 4.78 is 33.7. The number of carboxylic acid groups (broad SMARTS) is 1. The van der Waals surface area contributed by atoms with E-state index >= 15 is 0 Å². The number of hydrogen-bond acceptors (Lipinski definition) is 11. The fourth-order valence-electron chi connectivity index (χ4n) is 6.21. The summed E-state index contributed by atoms with van der Waals surface area (Å²) >= 11 is 0. The van der Waals surface area contributed by atoms with Crippen molar-refractivity contribution in [2.75, 3.05) is 58.9 Å². The van der Waals surface area contributed by atoms with E-state index in [0.717, 1.165) is 82.6 Å². The highest BCUT2D eigenvalue weighted by molar-refractivity contribution is 5.95. The maximum Gasteiger partial charge on any atom is 0.490 e. The molecule has 6 rings (SSSR count). The Hall–Kier alpha value is -5.18. The van der Waals surface area contributed by atoms with Crippen LogP contribution in [0, 0.1) is 11.3 Å². The lowest BCUT2D eigenvalue weighted by atomic mass is 9.95. The van der Waals surface area contributed by atoms with Gasteiger partial charge >= 0.3 is 12.1 Å². The second kappa shape index (κ2) is 17.6. The van der Waals surface area contributed by atoms with Gasteiger partial charge in [0.1, 0.15) is 11.8 Å². The lowest BCUT2D eigenvalue weighted by Gasteiger charge is -2.35. The van der Waals surface area contributed by atoms with Crippen LogP contribution in [0.1, 0.15) is 54.0 Å². The second-order valence-corrected chi connectivity index (χ2v) is 13.5. The molecule has 53 heavy (non-hydrogen) atoms. The molecule has 1 saturated heterocycles. The zero-order chi connectivity index (χ0) is 38.1. The zero-order valence-corrected chi connectivity index (χ0v) is 30.1. The molecule has 2 fully saturated rings. The van der Waals surface area contributed by atoms with Gasteiger partial charge in [0.25, 0.3) is 5.91 Å². The van der Waals surface area contributed by atoms with Crippen LogP contribution in [0.5, 0.6) is 0 Å². The number of carbonyl (C=O) groups excluding carboxylic acids is 1. The molecule has 4 aromatic rings. The second-order valence-electron chi connectivity index (χ2n) is 13.5. The van der Waals surface area contributed by atoms with Gasteiger partial charge in [0, 0.05) is 51.4 Å². The third-order valence-corrected chi connectivity index (χ3v) is 9.20. The van der Waals surface area contributed by atoms with E-state index in [9.17, 15) is 23.2 Å². The van der Waals surface area contributed by atoms with Crippen molar-refractivity contribution in [1.82, 2.24) is 44.6 Å². The van der Waals surface area contributed by atoms with Crippen LogP contribution >= 0.6 is 0 Å². The number of hydrogen-bond donors (Lipinski definition) is 2. The molecule has 282 valence electrons. The van der Waals surface area contributed by atoms with Crippen molar-refractivity contribution in [3.8, 4) is 17.3 Å². The fourth-order valence-corrected chi connectivity index (χ4v) is 6.21. The predicted molar refractivity (Wildman–Crippen MR) is 192 cm³/mol. The summed E-state index contributed by atoms with van der Waals surface area (Å²) in [7, 11) is 6.19. The Labute approximate surface area is 305 Å². The molecular weight excluding hydrogens is 691 g/mol. The summed E-state index contributed by atoms with van der Waals surface area (Å²) in [5, 5.41) is 18.8. The lowest BCUT2D eigenvalue weighted by Crippen LogP contribution is -2.50. The first kappa shape index (κ1) is 39.0. The fraction of sp³-hybridized carbons (Fsp3) is 0.472. The molecule has 3 aromatic heterocycles. The van der Waals surface area contributed by atoms with Crippen LogP contribution in [-0.2, 0) is 17.9 Å². The molecule has 0 spiro atoms. The summed E-state index contributed by atoms with van der Waals surface area (Å²) in [4.78, 5) is 48.2. The largest absolute Gasteiger partial charge is 0.490 e. The van der Waals surface area contributed by atoms with Crippen LogP contribution in [0.4, 0.5) is 19.0 Å². The number of anilines is 1. The number of rotatable bonds is 10. The molecule has 14 nitrogen and oxygen atoms in total. The quantitative estimate of drug-likeness (QED) is 0.224. The van der Waals surface area contributed by atoms with E-state index in [4.69, 9.17) is 14.9 Å². The Kier molecular flexibility index (Phi) is 12.9. The number of nitrogens with zero attached hydrogens (tertiary/aromatic N) is 10. The van der Waals surface area contributed by atoms with Crippen molar-refractivity contribution in [3.05, 3.63) is 65.9 Å².